The van der Waals surface area contributed by atoms with Gasteiger partial charge in [-0.15, -0.1) is 0 Å². The van der Waals surface area contributed by atoms with E-state index in [1.54, 1.807) is 12.1 Å². The molecule has 2 rings (SSSR count). The number of sulfonamides is 1. The van der Waals surface area contributed by atoms with Gasteiger partial charge in [-0.05, 0) is 49.4 Å². The van der Waals surface area contributed by atoms with Crippen LogP contribution in [0.3, 0.4) is 0 Å². The molecule has 0 amide bonds. The molecule has 0 spiro atoms. The van der Waals surface area contributed by atoms with Crippen LogP contribution in [-0.4, -0.2) is 19.9 Å². The first-order valence-corrected chi connectivity index (χ1v) is 11.4. The van der Waals surface area contributed by atoms with Crippen LogP contribution in [0, 0.1) is 6.92 Å². The molecule has 0 radical (unpaired) electrons. The lowest BCUT2D eigenvalue weighted by molar-refractivity contribution is 0.587. The van der Waals surface area contributed by atoms with E-state index in [0.717, 1.165) is 49.7 Å². The normalized spacial score (nSPS) is 11.6. The summed E-state index contributed by atoms with van der Waals surface area (Å²) >= 11 is 0. The predicted octanol–water partition coefficient (Wildman–Crippen LogP) is 5.29. The maximum Gasteiger partial charge on any atom is 0.265 e. The molecule has 0 unspecified atom stereocenters. The number of rotatable bonds is 10. The van der Waals surface area contributed by atoms with Crippen LogP contribution in [0.15, 0.2) is 41.4 Å². The van der Waals surface area contributed by atoms with Gasteiger partial charge in [-0.25, -0.2) is 17.7 Å². The molecule has 1 aromatic carbocycles. The van der Waals surface area contributed by atoms with E-state index >= 15 is 0 Å². The topological polar surface area (TPSA) is 50.3 Å². The molecule has 148 valence electrons. The Balaban J connectivity index is 2.53. The Morgan fingerprint density at radius 3 is 2.22 bits per heavy atom. The average Bonchev–Trinajstić information content (AvgIpc) is 2.64. The zero-order valence-corrected chi connectivity index (χ0v) is 17.8. The predicted molar refractivity (Wildman–Crippen MR) is 113 cm³/mol. The lowest BCUT2D eigenvalue weighted by Gasteiger charge is -2.26. The van der Waals surface area contributed by atoms with Crippen molar-refractivity contribution in [3.05, 3.63) is 53.2 Å². The van der Waals surface area contributed by atoms with Crippen LogP contribution in [0.25, 0.3) is 0 Å². The SMILES string of the molecule is CCCCN(c1ncc(CCC)cc1CCC)S(=O)(=O)c1ccc(C)cc1. The van der Waals surface area contributed by atoms with Crippen LogP contribution in [0.5, 0.6) is 0 Å². The van der Waals surface area contributed by atoms with Gasteiger partial charge in [0.2, 0.25) is 0 Å². The molecule has 1 heterocycles. The molecule has 0 bridgehead atoms. The van der Waals surface area contributed by atoms with Crippen LogP contribution >= 0.6 is 0 Å². The van der Waals surface area contributed by atoms with Crippen LogP contribution < -0.4 is 4.31 Å². The molecule has 1 aromatic heterocycles. The molecule has 0 aliphatic carbocycles. The van der Waals surface area contributed by atoms with Crippen LogP contribution in [-0.2, 0) is 22.9 Å². The maximum atomic E-state index is 13.4. The molecular weight excluding hydrogens is 356 g/mol. The number of aromatic nitrogens is 1. The highest BCUT2D eigenvalue weighted by Crippen LogP contribution is 2.28. The Morgan fingerprint density at radius 2 is 1.63 bits per heavy atom. The third-order valence-electron chi connectivity index (χ3n) is 4.62. The Hall–Kier alpha value is -1.88. The summed E-state index contributed by atoms with van der Waals surface area (Å²) in [6.45, 7) is 8.73. The van der Waals surface area contributed by atoms with E-state index in [-0.39, 0.29) is 0 Å². The summed E-state index contributed by atoms with van der Waals surface area (Å²) in [5.41, 5.74) is 3.24. The quantitative estimate of drug-likeness (QED) is 0.555. The fourth-order valence-electron chi connectivity index (χ4n) is 3.13. The average molecular weight is 389 g/mol. The number of pyridine rings is 1. The van der Waals surface area contributed by atoms with E-state index in [4.69, 9.17) is 0 Å². The Morgan fingerprint density at radius 1 is 0.963 bits per heavy atom. The smallest absolute Gasteiger partial charge is 0.250 e. The molecule has 0 saturated carbocycles. The van der Waals surface area contributed by atoms with Crippen molar-refractivity contribution in [1.82, 2.24) is 4.98 Å². The van der Waals surface area contributed by atoms with Gasteiger partial charge in [-0.1, -0.05) is 63.8 Å². The number of unbranched alkanes of at least 4 members (excludes halogenated alkanes) is 1. The molecule has 0 aliphatic rings. The number of benzene rings is 1. The van der Waals surface area contributed by atoms with Crippen molar-refractivity contribution in [1.29, 1.82) is 0 Å². The Labute approximate surface area is 164 Å². The monoisotopic (exact) mass is 388 g/mol. The highest BCUT2D eigenvalue weighted by Gasteiger charge is 2.27. The number of anilines is 1. The standard InChI is InChI=1S/C22H32N2O2S/c1-5-8-15-24(27(25,26)21-13-11-18(4)12-14-21)22-20(10-7-3)16-19(9-6-2)17-23-22/h11-14,16-17H,5-10,15H2,1-4H3. The summed E-state index contributed by atoms with van der Waals surface area (Å²) in [6.07, 6.45) is 7.35. The fraction of sp³-hybridized carbons (Fsp3) is 0.500. The van der Waals surface area contributed by atoms with E-state index in [9.17, 15) is 8.42 Å². The molecular formula is C22H32N2O2S. The first-order valence-electron chi connectivity index (χ1n) is 10.0. The summed E-state index contributed by atoms with van der Waals surface area (Å²) in [4.78, 5) is 4.95. The number of hydrogen-bond acceptors (Lipinski definition) is 3. The van der Waals surface area contributed by atoms with Gasteiger partial charge < -0.3 is 0 Å². The van der Waals surface area contributed by atoms with Crippen molar-refractivity contribution in [3.63, 3.8) is 0 Å². The van der Waals surface area contributed by atoms with E-state index < -0.39 is 10.0 Å². The summed E-state index contributed by atoms with van der Waals surface area (Å²) < 4.78 is 28.3. The van der Waals surface area contributed by atoms with Gasteiger partial charge in [0.05, 0.1) is 4.90 Å². The van der Waals surface area contributed by atoms with E-state index in [2.05, 4.69) is 31.8 Å². The van der Waals surface area contributed by atoms with Crippen molar-refractivity contribution in [2.45, 2.75) is 71.1 Å². The molecule has 0 fully saturated rings. The van der Waals surface area contributed by atoms with Crippen LogP contribution in [0.4, 0.5) is 5.82 Å². The lowest BCUT2D eigenvalue weighted by Crippen LogP contribution is -2.33. The fourth-order valence-corrected chi connectivity index (χ4v) is 4.63. The van der Waals surface area contributed by atoms with Gasteiger partial charge in [-0.3, -0.25) is 0 Å². The van der Waals surface area contributed by atoms with Crippen LogP contribution in [0.2, 0.25) is 0 Å². The minimum atomic E-state index is -3.64. The minimum absolute atomic E-state index is 0.325. The second-order valence-electron chi connectivity index (χ2n) is 7.07. The van der Waals surface area contributed by atoms with Gasteiger partial charge in [0.1, 0.15) is 5.82 Å². The third-order valence-corrected chi connectivity index (χ3v) is 6.42. The van der Waals surface area contributed by atoms with E-state index in [1.165, 1.54) is 9.87 Å². The van der Waals surface area contributed by atoms with Gasteiger partial charge >= 0.3 is 0 Å². The highest BCUT2D eigenvalue weighted by molar-refractivity contribution is 7.92. The largest absolute Gasteiger partial charge is 0.265 e. The molecule has 0 aliphatic heterocycles. The van der Waals surface area contributed by atoms with Crippen molar-refractivity contribution in [3.8, 4) is 0 Å². The van der Waals surface area contributed by atoms with Gasteiger partial charge in [0.25, 0.3) is 10.0 Å². The summed E-state index contributed by atoms with van der Waals surface area (Å²) in [5.74, 6) is 0.589. The summed E-state index contributed by atoms with van der Waals surface area (Å²) in [5, 5.41) is 0. The maximum absolute atomic E-state index is 13.4. The zero-order valence-electron chi connectivity index (χ0n) is 17.0. The molecule has 0 atom stereocenters. The summed E-state index contributed by atoms with van der Waals surface area (Å²) in [7, 11) is -3.64. The first-order chi connectivity index (χ1) is 12.9. The first kappa shape index (κ1) is 21.4. The minimum Gasteiger partial charge on any atom is -0.250 e. The van der Waals surface area contributed by atoms with Crippen molar-refractivity contribution >= 4 is 15.8 Å². The van der Waals surface area contributed by atoms with Crippen LogP contribution in [0.1, 0.15) is 63.1 Å². The Kier molecular flexibility index (Phi) is 7.84. The molecule has 0 N–H and O–H groups in total. The van der Waals surface area contributed by atoms with Gasteiger partial charge in [-0.2, -0.15) is 0 Å². The lowest BCUT2D eigenvalue weighted by atomic mass is 10.1. The summed E-state index contributed by atoms with van der Waals surface area (Å²) in [6, 6.07) is 9.20. The van der Waals surface area contributed by atoms with Crippen molar-refractivity contribution in [2.75, 3.05) is 10.8 Å². The highest BCUT2D eigenvalue weighted by atomic mass is 32.2. The van der Waals surface area contributed by atoms with E-state index in [1.807, 2.05) is 25.3 Å². The van der Waals surface area contributed by atoms with Crippen molar-refractivity contribution in [2.24, 2.45) is 0 Å². The zero-order chi connectivity index (χ0) is 19.9. The third kappa shape index (κ3) is 5.32. The number of aryl methyl sites for hydroxylation is 3. The molecule has 0 saturated heterocycles. The van der Waals surface area contributed by atoms with Gasteiger partial charge in [0, 0.05) is 12.7 Å². The number of hydrogen-bond donors (Lipinski definition) is 0. The Bertz CT molecular complexity index is 830. The molecule has 5 heteroatoms. The van der Waals surface area contributed by atoms with Crippen molar-refractivity contribution < 1.29 is 8.42 Å². The molecule has 4 nitrogen and oxygen atoms in total. The number of nitrogens with zero attached hydrogens (tertiary/aromatic N) is 2. The molecule has 27 heavy (non-hydrogen) atoms. The van der Waals surface area contributed by atoms with E-state index in [0.29, 0.717) is 17.3 Å². The second-order valence-corrected chi connectivity index (χ2v) is 8.93. The van der Waals surface area contributed by atoms with Gasteiger partial charge in [0.15, 0.2) is 0 Å². The second kappa shape index (κ2) is 9.88. The molecule has 2 aromatic rings.